The van der Waals surface area contributed by atoms with Gasteiger partial charge in [-0.3, -0.25) is 0 Å². The highest BCUT2D eigenvalue weighted by atomic mass is 32.1. The highest BCUT2D eigenvalue weighted by Crippen LogP contribution is 2.50. The zero-order valence-electron chi connectivity index (χ0n) is 75.9. The molecule has 6 heterocycles. The molecule has 126 heavy (non-hydrogen) atoms. The molecule has 22 rings (SSSR count). The van der Waals surface area contributed by atoms with Crippen LogP contribution in [-0.2, 0) is 32.5 Å². The van der Waals surface area contributed by atoms with Gasteiger partial charge in [-0.1, -0.05) is 434 Å². The second kappa shape index (κ2) is 34.7. The first kappa shape index (κ1) is 86.1. The first-order valence-corrected chi connectivity index (χ1v) is 47.5. The summed E-state index contributed by atoms with van der Waals surface area (Å²) in [5.74, 6) is 0. The number of hydrogen-bond acceptors (Lipinski definition) is 6. The normalized spacial score (nSPS) is 12.2. The molecule has 628 valence electrons. The van der Waals surface area contributed by atoms with Crippen LogP contribution < -0.4 is 0 Å². The Bertz CT molecular complexity index is 7330. The van der Waals surface area contributed by atoms with Crippen molar-refractivity contribution in [2.45, 2.75) is 157 Å². The molecule has 0 amide bonds. The molecule has 0 saturated heterocycles. The molecule has 0 N–H and O–H groups in total. The molecule has 0 unspecified atom stereocenters. The monoisotopic (exact) mass is 1710 g/mol. The van der Waals surface area contributed by atoms with Gasteiger partial charge in [-0.05, 0) is 142 Å². The van der Waals surface area contributed by atoms with Crippen LogP contribution in [0.15, 0.2) is 361 Å². The average molecular weight is 1710 g/mol. The minimum absolute atomic E-state index is 0.0558. The van der Waals surface area contributed by atoms with Gasteiger partial charge >= 0.3 is 0 Å². The summed E-state index contributed by atoms with van der Waals surface area (Å²) in [5, 5.41) is 16.1. The molecule has 0 saturated carbocycles. The molecule has 22 aromatic rings. The van der Waals surface area contributed by atoms with E-state index in [0.717, 1.165) is 27.9 Å². The Morgan fingerprint density at radius 3 is 0.992 bits per heavy atom. The number of furan rings is 2. The van der Waals surface area contributed by atoms with Crippen molar-refractivity contribution in [3.05, 3.63) is 385 Å². The highest BCUT2D eigenvalue weighted by Gasteiger charge is 2.28. The molecule has 0 aliphatic heterocycles. The lowest BCUT2D eigenvalue weighted by atomic mass is 9.83. The number of benzene rings is 16. The van der Waals surface area contributed by atoms with Crippen LogP contribution in [0.4, 0.5) is 0 Å². The minimum atomic E-state index is 0.0558. The summed E-state index contributed by atoms with van der Waals surface area (Å²) < 4.78 is 23.8. The maximum atomic E-state index is 6.40. The molecule has 0 radical (unpaired) electrons. The zero-order valence-corrected chi connectivity index (χ0v) is 79.2. The van der Waals surface area contributed by atoms with Gasteiger partial charge in [0.15, 0.2) is 0 Å². The van der Waals surface area contributed by atoms with Gasteiger partial charge in [-0.25, -0.2) is 0 Å². The molecule has 0 aliphatic rings. The fourth-order valence-electron chi connectivity index (χ4n) is 17.9. The van der Waals surface area contributed by atoms with Gasteiger partial charge in [-0.2, -0.15) is 0 Å². The van der Waals surface area contributed by atoms with Crippen LogP contribution in [0.2, 0.25) is 0 Å². The lowest BCUT2D eigenvalue weighted by Gasteiger charge is -2.21. The third-order valence-electron chi connectivity index (χ3n) is 24.1. The summed E-state index contributed by atoms with van der Waals surface area (Å²) in [6, 6.07) is 126. The van der Waals surface area contributed by atoms with E-state index in [9.17, 15) is 0 Å². The molecule has 6 aromatic heterocycles. The molecule has 16 aromatic carbocycles. The van der Waals surface area contributed by atoms with E-state index in [2.05, 4.69) is 470 Å². The van der Waals surface area contributed by atoms with Crippen molar-refractivity contribution in [2.24, 2.45) is 0 Å². The van der Waals surface area contributed by atoms with Gasteiger partial charge in [0.05, 0.1) is 0 Å². The standard InChI is InChI=1S/2C22H20O.2C22H20S.2C16H16S/c1-22(2,3)17-12-8-14-19-21(17)20-16(11-7-13-18(20)23-19)15-9-5-4-6-10-15;1-22(2,3)19-14-8-13-18-17-12-7-11-16(20(17)23-21(18)19)15-9-5-4-6-10-15;1-22(2,3)17-12-8-14-19-21(17)20-16(11-7-13-18(20)23-19)15-9-5-4-6-10-15;1-22(2,3)19-14-8-13-18-17-12-7-11-16(20(17)23-21(18)19)15-9-5-4-6-10-15;1-16(2,3)13-9-6-8-12-11-7-4-5-10-14(11)17-15(12)13;1-16(2,3)12-8-6-10-14-15(12)11-7-4-5-9-13(11)17-14/h4*4-14H,1-3H3;2*4-10H,1-3H3. The number of hydrogen-bond donors (Lipinski definition) is 0. The molecule has 0 fully saturated rings. The Balaban J connectivity index is 0.000000107. The van der Waals surface area contributed by atoms with Crippen LogP contribution in [0.25, 0.3) is 169 Å². The van der Waals surface area contributed by atoms with Crippen molar-refractivity contribution < 1.29 is 8.83 Å². The second-order valence-electron chi connectivity index (χ2n) is 39.4. The molecule has 0 bridgehead atoms. The Hall–Kier alpha value is -12.0. The van der Waals surface area contributed by atoms with Crippen molar-refractivity contribution >= 4 is 170 Å². The van der Waals surface area contributed by atoms with Gasteiger partial charge in [0.2, 0.25) is 0 Å². The molecule has 2 nitrogen and oxygen atoms in total. The maximum Gasteiger partial charge on any atom is 0.143 e. The molecular weight excluding hydrogens is 1600 g/mol. The molecular formula is C120H112O2S4. The predicted octanol–water partition coefficient (Wildman–Crippen LogP) is 37.8. The van der Waals surface area contributed by atoms with Gasteiger partial charge in [-0.15, -0.1) is 45.3 Å². The fourth-order valence-corrected chi connectivity index (χ4v) is 23.2. The Morgan fingerprint density at radius 2 is 0.468 bits per heavy atom. The molecule has 0 atom stereocenters. The van der Waals surface area contributed by atoms with Crippen molar-refractivity contribution in [1.82, 2.24) is 0 Å². The minimum Gasteiger partial charge on any atom is -0.456 e. The third-order valence-corrected chi connectivity index (χ3v) is 28.9. The van der Waals surface area contributed by atoms with E-state index < -0.39 is 0 Å². The topological polar surface area (TPSA) is 26.3 Å². The molecule has 0 aliphatic carbocycles. The Labute approximate surface area is 759 Å². The van der Waals surface area contributed by atoms with Crippen LogP contribution in [0, 0.1) is 0 Å². The largest absolute Gasteiger partial charge is 0.456 e. The Morgan fingerprint density at radius 1 is 0.167 bits per heavy atom. The Kier molecular flexibility index (Phi) is 23.7. The molecule has 6 heteroatoms. The van der Waals surface area contributed by atoms with E-state index in [1.165, 1.54) is 175 Å². The van der Waals surface area contributed by atoms with E-state index in [-0.39, 0.29) is 32.5 Å². The summed E-state index contributed by atoms with van der Waals surface area (Å²) >= 11 is 7.64. The van der Waals surface area contributed by atoms with Gasteiger partial charge in [0.25, 0.3) is 0 Å². The smallest absolute Gasteiger partial charge is 0.143 e. The number of para-hydroxylation sites is 2. The molecule has 0 spiro atoms. The van der Waals surface area contributed by atoms with Crippen LogP contribution in [-0.4, -0.2) is 0 Å². The van der Waals surface area contributed by atoms with Crippen LogP contribution in [0.5, 0.6) is 0 Å². The zero-order chi connectivity index (χ0) is 88.2. The fraction of sp³-hybridized carbons (Fsp3) is 0.200. The highest BCUT2D eigenvalue weighted by molar-refractivity contribution is 7.27. The third kappa shape index (κ3) is 17.4. The summed E-state index contributed by atoms with van der Waals surface area (Å²) in [7, 11) is 0. The van der Waals surface area contributed by atoms with E-state index in [1.807, 2.05) is 51.4 Å². The van der Waals surface area contributed by atoms with Gasteiger partial charge in [0.1, 0.15) is 22.3 Å². The quantitative estimate of drug-likeness (QED) is 0.176. The number of fused-ring (bicyclic) bond motifs is 18. The van der Waals surface area contributed by atoms with Crippen molar-refractivity contribution in [1.29, 1.82) is 0 Å². The SMILES string of the molecule is CC(C)(C)c1cccc2c1oc1c(-c3ccccc3)cccc12.CC(C)(C)c1cccc2c1sc1c(-c3ccccc3)cccc12.CC(C)(C)c1cccc2c1sc1ccccc12.CC(C)(C)c1cccc2oc3cccc(-c4ccccc4)c3c12.CC(C)(C)c1cccc2sc3cccc(-c4ccccc4)c3c12.CC(C)(C)c1cccc2sc3ccccc3c12. The van der Waals surface area contributed by atoms with Gasteiger partial charge < -0.3 is 8.83 Å². The van der Waals surface area contributed by atoms with E-state index in [0.29, 0.717) is 0 Å². The van der Waals surface area contributed by atoms with E-state index in [4.69, 9.17) is 8.83 Å². The lowest BCUT2D eigenvalue weighted by molar-refractivity contribution is 0.573. The van der Waals surface area contributed by atoms with Crippen molar-refractivity contribution in [2.75, 3.05) is 0 Å². The second-order valence-corrected chi connectivity index (χ2v) is 43.6. The first-order valence-electron chi connectivity index (χ1n) is 44.2. The van der Waals surface area contributed by atoms with E-state index in [1.54, 1.807) is 0 Å². The summed E-state index contributed by atoms with van der Waals surface area (Å²) in [6.07, 6.45) is 0. The average Bonchev–Trinajstić information content (AvgIpc) is 1.59. The van der Waals surface area contributed by atoms with Crippen molar-refractivity contribution in [3.63, 3.8) is 0 Å². The van der Waals surface area contributed by atoms with Gasteiger partial charge in [0, 0.05) is 113 Å². The van der Waals surface area contributed by atoms with Crippen LogP contribution in [0.1, 0.15) is 158 Å². The lowest BCUT2D eigenvalue weighted by Crippen LogP contribution is -2.11. The maximum absolute atomic E-state index is 6.40. The van der Waals surface area contributed by atoms with E-state index >= 15 is 0 Å². The summed E-state index contributed by atoms with van der Waals surface area (Å²) in [4.78, 5) is 0. The van der Waals surface area contributed by atoms with Crippen LogP contribution >= 0.6 is 45.3 Å². The predicted molar refractivity (Wildman–Crippen MR) is 559 cm³/mol. The summed E-state index contributed by atoms with van der Waals surface area (Å²) in [6.45, 7) is 41.0. The number of rotatable bonds is 4. The number of thiophene rings is 4. The van der Waals surface area contributed by atoms with Crippen LogP contribution in [0.3, 0.4) is 0 Å². The first-order chi connectivity index (χ1) is 60.4. The van der Waals surface area contributed by atoms with Crippen molar-refractivity contribution in [3.8, 4) is 44.5 Å². The summed E-state index contributed by atoms with van der Waals surface area (Å²) in [5.41, 5.74) is 23.2.